The number of H-pyrrole nitrogens is 1. The second-order valence-corrected chi connectivity index (χ2v) is 9.78. The molecule has 0 fully saturated rings. The first-order chi connectivity index (χ1) is 17.4. The van der Waals surface area contributed by atoms with Gasteiger partial charge in [-0.15, -0.1) is 0 Å². The summed E-state index contributed by atoms with van der Waals surface area (Å²) in [5.41, 5.74) is 4.48. The summed E-state index contributed by atoms with van der Waals surface area (Å²) in [6, 6.07) is 13.7. The van der Waals surface area contributed by atoms with E-state index in [2.05, 4.69) is 15.6 Å². The van der Waals surface area contributed by atoms with Crippen molar-refractivity contribution in [3.8, 4) is 0 Å². The Morgan fingerprint density at radius 2 is 1.86 bits per heavy atom. The Balaban J connectivity index is 1.37. The van der Waals surface area contributed by atoms with Gasteiger partial charge < -0.3 is 25.3 Å². The predicted octanol–water partition coefficient (Wildman–Crippen LogP) is 3.07. The second-order valence-electron chi connectivity index (χ2n) is 9.78. The minimum Gasteiger partial charge on any atom is -0.379 e. The third kappa shape index (κ3) is 4.26. The lowest BCUT2D eigenvalue weighted by molar-refractivity contribution is -0.131. The summed E-state index contributed by atoms with van der Waals surface area (Å²) in [5, 5.41) is 6.76. The van der Waals surface area contributed by atoms with Gasteiger partial charge in [0.1, 0.15) is 12.1 Å². The van der Waals surface area contributed by atoms with Gasteiger partial charge in [-0.2, -0.15) is 0 Å². The van der Waals surface area contributed by atoms with Crippen molar-refractivity contribution in [3.63, 3.8) is 0 Å². The lowest BCUT2D eigenvalue weighted by atomic mass is 9.90. The molecular weight excluding hydrogens is 456 g/mol. The van der Waals surface area contributed by atoms with E-state index in [4.69, 9.17) is 4.74 Å². The number of rotatable bonds is 8. The molecule has 2 aromatic carbocycles. The molecule has 5 rings (SSSR count). The minimum absolute atomic E-state index is 0.148. The van der Waals surface area contributed by atoms with Gasteiger partial charge in [0.2, 0.25) is 11.8 Å². The summed E-state index contributed by atoms with van der Waals surface area (Å²) in [6.45, 7) is 6.63. The van der Waals surface area contributed by atoms with Crippen molar-refractivity contribution in [2.75, 3.05) is 13.2 Å². The molecule has 3 N–H and O–H groups in total. The molecule has 0 saturated carbocycles. The Hall–Kier alpha value is -3.65. The summed E-state index contributed by atoms with van der Waals surface area (Å²) in [7, 11) is 0. The van der Waals surface area contributed by atoms with E-state index in [0.29, 0.717) is 31.6 Å². The zero-order chi connectivity index (χ0) is 25.4. The van der Waals surface area contributed by atoms with Gasteiger partial charge in [-0.1, -0.05) is 36.4 Å². The first-order valence-electron chi connectivity index (χ1n) is 12.6. The van der Waals surface area contributed by atoms with E-state index in [0.717, 1.165) is 27.7 Å². The lowest BCUT2D eigenvalue weighted by Crippen LogP contribution is -2.56. The number of nitrogens with one attached hydrogen (secondary N) is 3. The molecule has 0 bridgehead atoms. The van der Waals surface area contributed by atoms with Gasteiger partial charge in [0.05, 0.1) is 12.1 Å². The Morgan fingerprint density at radius 1 is 1.11 bits per heavy atom. The van der Waals surface area contributed by atoms with E-state index in [9.17, 15) is 14.4 Å². The summed E-state index contributed by atoms with van der Waals surface area (Å²) >= 11 is 0. The smallest absolute Gasteiger partial charge is 0.255 e. The quantitative estimate of drug-likeness (QED) is 0.424. The number of hydrogen-bond donors (Lipinski definition) is 3. The summed E-state index contributed by atoms with van der Waals surface area (Å²) in [4.78, 5) is 44.8. The molecule has 2 aliphatic rings. The number of amides is 3. The van der Waals surface area contributed by atoms with Crippen LogP contribution in [-0.2, 0) is 20.7 Å². The van der Waals surface area contributed by atoms with Crippen LogP contribution in [0.4, 0.5) is 0 Å². The summed E-state index contributed by atoms with van der Waals surface area (Å²) < 4.78 is 5.50. The van der Waals surface area contributed by atoms with Crippen molar-refractivity contribution >= 4 is 28.6 Å². The van der Waals surface area contributed by atoms with Crippen molar-refractivity contribution < 1.29 is 19.1 Å². The van der Waals surface area contributed by atoms with E-state index in [-0.39, 0.29) is 29.9 Å². The fraction of sp³-hybridized carbons (Fsp3) is 0.393. The number of hydrogen-bond acceptors (Lipinski definition) is 4. The summed E-state index contributed by atoms with van der Waals surface area (Å²) in [5.74, 6) is -0.755. The third-order valence-electron chi connectivity index (χ3n) is 6.98. The molecule has 1 aromatic heterocycles. The topological polar surface area (TPSA) is 104 Å². The number of carbonyl (C=O) groups is 3. The molecule has 3 unspecified atom stereocenters. The average molecular weight is 489 g/mol. The molecule has 3 amide bonds. The fourth-order valence-corrected chi connectivity index (χ4v) is 5.27. The van der Waals surface area contributed by atoms with E-state index >= 15 is 0 Å². The lowest BCUT2D eigenvalue weighted by Gasteiger charge is -2.37. The standard InChI is InChI=1S/C28H32N4O4/c1-16(2)36-14-8-13-29-26(33)17(3)30-27(34)23-15-21-18-9-6-7-12-22(18)31-24(21)25-19-10-4-5-11-20(19)28(35)32(23)25/h4-7,9-12,16-17,23,25,31H,8,13-15H2,1-3H3,(H,29,33)(H,30,34). The van der Waals surface area contributed by atoms with Crippen molar-refractivity contribution in [1.82, 2.24) is 20.5 Å². The van der Waals surface area contributed by atoms with Crippen molar-refractivity contribution in [2.24, 2.45) is 0 Å². The number of ether oxygens (including phenoxy) is 1. The Bertz CT molecular complexity index is 1310. The van der Waals surface area contributed by atoms with Crippen molar-refractivity contribution in [3.05, 3.63) is 70.9 Å². The van der Waals surface area contributed by atoms with Crippen LogP contribution in [0.15, 0.2) is 48.5 Å². The van der Waals surface area contributed by atoms with Crippen LogP contribution in [0.5, 0.6) is 0 Å². The van der Waals surface area contributed by atoms with E-state index < -0.39 is 12.1 Å². The van der Waals surface area contributed by atoms with Crippen LogP contribution in [0, 0.1) is 0 Å². The van der Waals surface area contributed by atoms with Crippen molar-refractivity contribution in [2.45, 2.75) is 57.8 Å². The average Bonchev–Trinajstić information content (AvgIpc) is 3.38. The van der Waals surface area contributed by atoms with Gasteiger partial charge in [0.15, 0.2) is 0 Å². The number of para-hydroxylation sites is 1. The SMILES string of the molecule is CC(C)OCCCNC(=O)C(C)NC(=O)C1Cc2c([nH]c3ccccc23)C2c3ccccc3C(=O)N12. The Morgan fingerprint density at radius 3 is 2.67 bits per heavy atom. The molecule has 8 heteroatoms. The van der Waals surface area contributed by atoms with Gasteiger partial charge in [-0.05, 0) is 50.5 Å². The number of fused-ring (bicyclic) bond motifs is 7. The van der Waals surface area contributed by atoms with Gasteiger partial charge in [0, 0.05) is 41.7 Å². The highest BCUT2D eigenvalue weighted by Gasteiger charge is 2.49. The van der Waals surface area contributed by atoms with E-state index in [1.165, 1.54) is 0 Å². The molecule has 0 aliphatic carbocycles. The highest BCUT2D eigenvalue weighted by Crippen LogP contribution is 2.46. The number of carbonyl (C=O) groups excluding carboxylic acids is 3. The molecule has 3 atom stereocenters. The minimum atomic E-state index is -0.730. The highest BCUT2D eigenvalue weighted by atomic mass is 16.5. The first-order valence-corrected chi connectivity index (χ1v) is 12.6. The van der Waals surface area contributed by atoms with Crippen LogP contribution in [0.2, 0.25) is 0 Å². The maximum atomic E-state index is 13.6. The molecule has 0 saturated heterocycles. The monoisotopic (exact) mass is 488 g/mol. The molecule has 2 aliphatic heterocycles. The van der Waals surface area contributed by atoms with Crippen molar-refractivity contribution in [1.29, 1.82) is 0 Å². The Labute approximate surface area is 210 Å². The maximum absolute atomic E-state index is 13.6. The van der Waals surface area contributed by atoms with Gasteiger partial charge in [0.25, 0.3) is 5.91 Å². The third-order valence-corrected chi connectivity index (χ3v) is 6.98. The van der Waals surface area contributed by atoms with Crippen LogP contribution >= 0.6 is 0 Å². The first kappa shape index (κ1) is 24.1. The second kappa shape index (κ2) is 9.78. The molecule has 188 valence electrons. The predicted molar refractivity (Wildman–Crippen MR) is 137 cm³/mol. The number of aromatic amines is 1. The molecular formula is C28H32N4O4. The number of nitrogens with zero attached hydrogens (tertiary/aromatic N) is 1. The molecule has 0 radical (unpaired) electrons. The molecule has 0 spiro atoms. The molecule has 3 heterocycles. The van der Waals surface area contributed by atoms with Gasteiger partial charge in [-0.25, -0.2) is 0 Å². The van der Waals surface area contributed by atoms with Crippen LogP contribution in [0.25, 0.3) is 10.9 Å². The number of benzene rings is 2. The maximum Gasteiger partial charge on any atom is 0.255 e. The van der Waals surface area contributed by atoms with Crippen LogP contribution in [0.1, 0.15) is 60.4 Å². The molecule has 8 nitrogen and oxygen atoms in total. The number of aromatic nitrogens is 1. The Kier molecular flexibility index (Phi) is 6.53. The normalized spacial score (nSPS) is 19.1. The molecule has 3 aromatic rings. The van der Waals surface area contributed by atoms with Gasteiger partial charge in [-0.3, -0.25) is 14.4 Å². The molecule has 36 heavy (non-hydrogen) atoms. The van der Waals surface area contributed by atoms with Crippen LogP contribution in [-0.4, -0.2) is 58.9 Å². The highest BCUT2D eigenvalue weighted by molar-refractivity contribution is 6.04. The van der Waals surface area contributed by atoms with E-state index in [1.54, 1.807) is 11.8 Å². The van der Waals surface area contributed by atoms with Crippen LogP contribution < -0.4 is 10.6 Å². The zero-order valence-electron chi connectivity index (χ0n) is 20.8. The summed E-state index contributed by atoms with van der Waals surface area (Å²) in [6.07, 6.45) is 1.22. The van der Waals surface area contributed by atoms with E-state index in [1.807, 2.05) is 62.4 Å². The fourth-order valence-electron chi connectivity index (χ4n) is 5.27. The van der Waals surface area contributed by atoms with Gasteiger partial charge >= 0.3 is 0 Å². The largest absolute Gasteiger partial charge is 0.379 e. The zero-order valence-corrected chi connectivity index (χ0v) is 20.8. The van der Waals surface area contributed by atoms with Crippen LogP contribution in [0.3, 0.4) is 0 Å².